The van der Waals surface area contributed by atoms with Gasteiger partial charge in [0, 0.05) is 32.9 Å². The van der Waals surface area contributed by atoms with Gasteiger partial charge in [-0.05, 0) is 24.1 Å². The number of aromatic nitrogens is 2. The molecule has 0 saturated carbocycles. The summed E-state index contributed by atoms with van der Waals surface area (Å²) in [7, 11) is 2.03. The van der Waals surface area contributed by atoms with Gasteiger partial charge >= 0.3 is 0 Å². The fraction of sp³-hybridized carbons (Fsp3) is 0.238. The van der Waals surface area contributed by atoms with Gasteiger partial charge in [-0.15, -0.1) is 0 Å². The van der Waals surface area contributed by atoms with Gasteiger partial charge in [0.25, 0.3) is 0 Å². The largest absolute Gasteiger partial charge is 0.352 e. The van der Waals surface area contributed by atoms with Gasteiger partial charge in [-0.1, -0.05) is 60.7 Å². The molecule has 3 aromatic rings. The molecule has 2 aromatic carbocycles. The van der Waals surface area contributed by atoms with Crippen LogP contribution in [0.2, 0.25) is 0 Å². The molecule has 0 saturated heterocycles. The molecular weight excluding hydrogens is 308 g/mol. The maximum atomic E-state index is 4.78. The van der Waals surface area contributed by atoms with Gasteiger partial charge in [-0.3, -0.25) is 0 Å². The van der Waals surface area contributed by atoms with E-state index in [-0.39, 0.29) is 0 Å². The lowest BCUT2D eigenvalue weighted by molar-refractivity contribution is 0.797. The summed E-state index contributed by atoms with van der Waals surface area (Å²) in [5.41, 5.74) is 2.53. The fourth-order valence-electron chi connectivity index (χ4n) is 2.79. The molecule has 0 atom stereocenters. The van der Waals surface area contributed by atoms with Crippen molar-refractivity contribution in [2.24, 2.45) is 0 Å². The number of hydrogen-bond donors (Lipinski definition) is 0. The minimum absolute atomic E-state index is 0.743. The Bertz CT molecular complexity index is 774. The van der Waals surface area contributed by atoms with Crippen molar-refractivity contribution in [2.45, 2.75) is 20.0 Å². The Kier molecular flexibility index (Phi) is 5.62. The summed E-state index contributed by atoms with van der Waals surface area (Å²) in [5.74, 6) is 1.70. The van der Waals surface area contributed by atoms with Crippen molar-refractivity contribution < 1.29 is 0 Å². The number of benzene rings is 2. The summed E-state index contributed by atoms with van der Waals surface area (Å²) >= 11 is 0. The van der Waals surface area contributed by atoms with E-state index < -0.39 is 0 Å². The first kappa shape index (κ1) is 17.0. The van der Waals surface area contributed by atoms with E-state index >= 15 is 0 Å². The first-order valence-corrected chi connectivity index (χ1v) is 8.63. The molecule has 1 aromatic heterocycles. The van der Waals surface area contributed by atoms with Crippen molar-refractivity contribution in [3.8, 4) is 0 Å². The van der Waals surface area contributed by atoms with Crippen LogP contribution in [0, 0.1) is 0 Å². The average Bonchev–Trinajstić information content (AvgIpc) is 2.68. The standard InChI is InChI=1S/C21H24N4/c1-3-25(17-19-12-8-5-9-13-19)20-14-15-22-21(23-20)24(2)16-18-10-6-4-7-11-18/h4-15H,3,16-17H2,1-2H3. The van der Waals surface area contributed by atoms with Crippen LogP contribution in [0.1, 0.15) is 18.1 Å². The second-order valence-electron chi connectivity index (χ2n) is 6.06. The molecule has 0 unspecified atom stereocenters. The second-order valence-corrected chi connectivity index (χ2v) is 6.06. The molecule has 0 aliphatic rings. The van der Waals surface area contributed by atoms with Crippen LogP contribution in [0.5, 0.6) is 0 Å². The predicted molar refractivity (Wildman–Crippen MR) is 104 cm³/mol. The van der Waals surface area contributed by atoms with E-state index in [0.29, 0.717) is 0 Å². The molecule has 128 valence electrons. The summed E-state index contributed by atoms with van der Waals surface area (Å²) in [6.45, 7) is 4.68. The third-order valence-corrected chi connectivity index (χ3v) is 4.15. The zero-order valence-corrected chi connectivity index (χ0v) is 14.8. The lowest BCUT2D eigenvalue weighted by Gasteiger charge is -2.24. The molecule has 4 heteroatoms. The number of nitrogens with zero attached hydrogens (tertiary/aromatic N) is 4. The van der Waals surface area contributed by atoms with E-state index in [1.165, 1.54) is 11.1 Å². The van der Waals surface area contributed by atoms with Crippen LogP contribution in [0.15, 0.2) is 72.9 Å². The normalized spacial score (nSPS) is 10.5. The van der Waals surface area contributed by atoms with Crippen LogP contribution in [-0.2, 0) is 13.1 Å². The summed E-state index contributed by atoms with van der Waals surface area (Å²) in [4.78, 5) is 13.6. The van der Waals surface area contributed by atoms with Crippen molar-refractivity contribution in [3.63, 3.8) is 0 Å². The van der Waals surface area contributed by atoms with Gasteiger partial charge < -0.3 is 9.80 Å². The van der Waals surface area contributed by atoms with Crippen LogP contribution < -0.4 is 9.80 Å². The molecule has 0 bridgehead atoms. The van der Waals surface area contributed by atoms with E-state index in [1.807, 2.05) is 31.4 Å². The summed E-state index contributed by atoms with van der Waals surface area (Å²) in [6, 6.07) is 22.8. The molecule has 0 aliphatic carbocycles. The quantitative estimate of drug-likeness (QED) is 0.651. The minimum Gasteiger partial charge on any atom is -0.352 e. The van der Waals surface area contributed by atoms with E-state index in [4.69, 9.17) is 4.98 Å². The zero-order chi connectivity index (χ0) is 17.5. The Morgan fingerprint density at radius 2 is 1.40 bits per heavy atom. The predicted octanol–water partition coefficient (Wildman–Crippen LogP) is 4.14. The highest BCUT2D eigenvalue weighted by Gasteiger charge is 2.11. The van der Waals surface area contributed by atoms with Gasteiger partial charge in [-0.2, -0.15) is 4.98 Å². The number of hydrogen-bond acceptors (Lipinski definition) is 4. The van der Waals surface area contributed by atoms with Crippen molar-refractivity contribution in [2.75, 3.05) is 23.4 Å². The van der Waals surface area contributed by atoms with Crippen molar-refractivity contribution in [1.82, 2.24) is 9.97 Å². The van der Waals surface area contributed by atoms with Crippen molar-refractivity contribution >= 4 is 11.8 Å². The summed E-state index contributed by atoms with van der Waals surface area (Å²) < 4.78 is 0. The van der Waals surface area contributed by atoms with E-state index in [1.54, 1.807) is 0 Å². The molecule has 25 heavy (non-hydrogen) atoms. The molecule has 0 spiro atoms. The van der Waals surface area contributed by atoms with Gasteiger partial charge in [0.05, 0.1) is 0 Å². The van der Waals surface area contributed by atoms with Crippen LogP contribution in [0.3, 0.4) is 0 Å². The van der Waals surface area contributed by atoms with Gasteiger partial charge in [-0.25, -0.2) is 4.98 Å². The summed E-state index contributed by atoms with van der Waals surface area (Å²) in [5, 5.41) is 0. The molecule has 0 fully saturated rings. The first-order chi connectivity index (χ1) is 12.3. The van der Waals surface area contributed by atoms with Gasteiger partial charge in [0.1, 0.15) is 5.82 Å². The molecule has 0 radical (unpaired) electrons. The Hall–Kier alpha value is -2.88. The monoisotopic (exact) mass is 332 g/mol. The minimum atomic E-state index is 0.743. The molecule has 3 rings (SSSR count). The van der Waals surface area contributed by atoms with Gasteiger partial charge in [0.2, 0.25) is 5.95 Å². The topological polar surface area (TPSA) is 32.3 Å². The lowest BCUT2D eigenvalue weighted by Crippen LogP contribution is -2.25. The number of anilines is 2. The van der Waals surface area contributed by atoms with Crippen LogP contribution in [-0.4, -0.2) is 23.6 Å². The third kappa shape index (κ3) is 4.57. The van der Waals surface area contributed by atoms with E-state index in [9.17, 15) is 0 Å². The highest BCUT2D eigenvalue weighted by Crippen LogP contribution is 2.18. The third-order valence-electron chi connectivity index (χ3n) is 4.15. The van der Waals surface area contributed by atoms with Crippen LogP contribution in [0.4, 0.5) is 11.8 Å². The Balaban J connectivity index is 1.75. The average molecular weight is 332 g/mol. The maximum Gasteiger partial charge on any atom is 0.227 e. The van der Waals surface area contributed by atoms with E-state index in [0.717, 1.165) is 31.4 Å². The first-order valence-electron chi connectivity index (χ1n) is 8.63. The molecule has 1 heterocycles. The van der Waals surface area contributed by atoms with E-state index in [2.05, 4.69) is 70.2 Å². The smallest absolute Gasteiger partial charge is 0.227 e. The Morgan fingerprint density at radius 1 is 0.800 bits per heavy atom. The van der Waals surface area contributed by atoms with Crippen LogP contribution >= 0.6 is 0 Å². The Labute approximate surface area is 149 Å². The highest BCUT2D eigenvalue weighted by atomic mass is 15.3. The highest BCUT2D eigenvalue weighted by molar-refractivity contribution is 5.44. The Morgan fingerprint density at radius 3 is 2.00 bits per heavy atom. The lowest BCUT2D eigenvalue weighted by atomic mass is 10.2. The van der Waals surface area contributed by atoms with Crippen molar-refractivity contribution in [3.05, 3.63) is 84.1 Å². The SMILES string of the molecule is CCN(Cc1ccccc1)c1ccnc(N(C)Cc2ccccc2)n1. The molecule has 0 N–H and O–H groups in total. The molecule has 0 aliphatic heterocycles. The summed E-state index contributed by atoms with van der Waals surface area (Å²) in [6.07, 6.45) is 1.84. The molecule has 4 nitrogen and oxygen atoms in total. The second kappa shape index (κ2) is 8.29. The maximum absolute atomic E-state index is 4.78. The van der Waals surface area contributed by atoms with Crippen molar-refractivity contribution in [1.29, 1.82) is 0 Å². The van der Waals surface area contributed by atoms with Crippen LogP contribution in [0.25, 0.3) is 0 Å². The van der Waals surface area contributed by atoms with Gasteiger partial charge in [0.15, 0.2) is 0 Å². The number of rotatable bonds is 7. The molecular formula is C21H24N4. The zero-order valence-electron chi connectivity index (χ0n) is 14.8. The fourth-order valence-corrected chi connectivity index (χ4v) is 2.79. The molecule has 0 amide bonds.